The third-order valence-corrected chi connectivity index (χ3v) is 3.32. The fraction of sp³-hybridized carbons (Fsp3) is 0.333. The number of carbonyl (C=O) groups is 1. The Labute approximate surface area is 128 Å². The monoisotopic (exact) mass is 307 g/mol. The van der Waals surface area contributed by atoms with Crippen LogP contribution in [-0.4, -0.2) is 22.9 Å². The van der Waals surface area contributed by atoms with Crippen molar-refractivity contribution in [2.75, 3.05) is 12.4 Å². The molecule has 0 bridgehead atoms. The van der Waals surface area contributed by atoms with E-state index in [4.69, 9.17) is 16.3 Å². The molecule has 5 nitrogen and oxygen atoms in total. The van der Waals surface area contributed by atoms with Crippen LogP contribution in [0.3, 0.4) is 0 Å². The van der Waals surface area contributed by atoms with Gasteiger partial charge in [0.15, 0.2) is 0 Å². The van der Waals surface area contributed by atoms with Crippen molar-refractivity contribution in [2.24, 2.45) is 0 Å². The van der Waals surface area contributed by atoms with E-state index in [1.54, 1.807) is 24.4 Å². The predicted octanol–water partition coefficient (Wildman–Crippen LogP) is 3.35. The molecule has 21 heavy (non-hydrogen) atoms. The van der Waals surface area contributed by atoms with Crippen LogP contribution in [0.15, 0.2) is 30.5 Å². The maximum absolute atomic E-state index is 11.8. The minimum Gasteiger partial charge on any atom is -0.465 e. The first-order valence-electron chi connectivity index (χ1n) is 6.78. The van der Waals surface area contributed by atoms with Crippen molar-refractivity contribution in [3.8, 4) is 0 Å². The van der Waals surface area contributed by atoms with Crippen LogP contribution in [0.4, 0.5) is 5.69 Å². The summed E-state index contributed by atoms with van der Waals surface area (Å²) in [5, 5.41) is 8.00. The van der Waals surface area contributed by atoms with Gasteiger partial charge >= 0.3 is 5.97 Å². The number of benzene rings is 1. The highest BCUT2D eigenvalue weighted by Gasteiger charge is 2.13. The van der Waals surface area contributed by atoms with Crippen molar-refractivity contribution in [1.82, 2.24) is 9.78 Å². The van der Waals surface area contributed by atoms with Crippen LogP contribution in [0.2, 0.25) is 5.02 Å². The number of methoxy groups -OCH3 is 1. The fourth-order valence-electron chi connectivity index (χ4n) is 2.06. The summed E-state index contributed by atoms with van der Waals surface area (Å²) in [6.07, 6.45) is 2.79. The number of anilines is 1. The van der Waals surface area contributed by atoms with E-state index in [0.717, 1.165) is 18.7 Å². The Bertz CT molecular complexity index is 625. The topological polar surface area (TPSA) is 56.2 Å². The van der Waals surface area contributed by atoms with Crippen LogP contribution >= 0.6 is 11.6 Å². The number of nitrogens with zero attached hydrogens (tertiary/aromatic N) is 2. The Kier molecular flexibility index (Phi) is 5.22. The molecule has 0 amide bonds. The van der Waals surface area contributed by atoms with Crippen LogP contribution in [0.1, 0.15) is 29.4 Å². The van der Waals surface area contributed by atoms with Gasteiger partial charge < -0.3 is 10.1 Å². The van der Waals surface area contributed by atoms with Crippen molar-refractivity contribution < 1.29 is 9.53 Å². The molecule has 0 radical (unpaired) electrons. The van der Waals surface area contributed by atoms with Crippen LogP contribution in [0.25, 0.3) is 0 Å². The molecular weight excluding hydrogens is 290 g/mol. The number of hydrogen-bond donors (Lipinski definition) is 1. The molecule has 2 rings (SSSR count). The van der Waals surface area contributed by atoms with Crippen molar-refractivity contribution >= 4 is 23.3 Å². The molecule has 0 unspecified atom stereocenters. The second kappa shape index (κ2) is 7.13. The lowest BCUT2D eigenvalue weighted by Crippen LogP contribution is -2.11. The van der Waals surface area contributed by atoms with Crippen LogP contribution in [-0.2, 0) is 17.8 Å². The normalized spacial score (nSPS) is 10.4. The quantitative estimate of drug-likeness (QED) is 0.832. The number of halogens is 1. The molecule has 0 saturated heterocycles. The maximum atomic E-state index is 11.8. The van der Waals surface area contributed by atoms with E-state index in [9.17, 15) is 4.79 Å². The molecule has 1 N–H and O–H groups in total. The van der Waals surface area contributed by atoms with E-state index in [2.05, 4.69) is 17.3 Å². The SMILES string of the molecule is CCCn1nccc1CNc1ccc(Cl)cc1C(=O)OC. The number of ether oxygens (including phenoxy) is 1. The van der Waals surface area contributed by atoms with Gasteiger partial charge in [0.1, 0.15) is 0 Å². The van der Waals surface area contributed by atoms with Gasteiger partial charge in [0, 0.05) is 23.5 Å². The summed E-state index contributed by atoms with van der Waals surface area (Å²) in [6.45, 7) is 3.55. The first kappa shape index (κ1) is 15.4. The smallest absolute Gasteiger partial charge is 0.340 e. The third-order valence-electron chi connectivity index (χ3n) is 3.09. The molecule has 1 heterocycles. The number of hydrogen-bond acceptors (Lipinski definition) is 4. The Morgan fingerprint density at radius 1 is 1.43 bits per heavy atom. The molecule has 6 heteroatoms. The molecule has 1 aromatic heterocycles. The van der Waals surface area contributed by atoms with Gasteiger partial charge in [-0.1, -0.05) is 18.5 Å². The zero-order valence-corrected chi connectivity index (χ0v) is 12.9. The number of carbonyl (C=O) groups excluding carboxylic acids is 1. The van der Waals surface area contributed by atoms with Gasteiger partial charge in [-0.15, -0.1) is 0 Å². The van der Waals surface area contributed by atoms with Gasteiger partial charge in [0.25, 0.3) is 0 Å². The zero-order chi connectivity index (χ0) is 15.2. The first-order valence-corrected chi connectivity index (χ1v) is 7.16. The van der Waals surface area contributed by atoms with Crippen LogP contribution < -0.4 is 5.32 Å². The number of aromatic nitrogens is 2. The maximum Gasteiger partial charge on any atom is 0.340 e. The molecule has 0 aliphatic heterocycles. The van der Waals surface area contributed by atoms with Crippen LogP contribution in [0, 0.1) is 0 Å². The summed E-state index contributed by atoms with van der Waals surface area (Å²) < 4.78 is 6.72. The molecule has 0 saturated carbocycles. The van der Waals surface area contributed by atoms with Crippen molar-refractivity contribution in [3.63, 3.8) is 0 Å². The second-order valence-electron chi connectivity index (χ2n) is 4.58. The molecule has 0 aliphatic carbocycles. The average molecular weight is 308 g/mol. The standard InChI is InChI=1S/C15H18ClN3O2/c1-3-8-19-12(6-7-18-19)10-17-14-5-4-11(16)9-13(14)15(20)21-2/h4-7,9,17H,3,8,10H2,1-2H3. The Morgan fingerprint density at radius 3 is 2.95 bits per heavy atom. The lowest BCUT2D eigenvalue weighted by Gasteiger charge is -2.12. The molecule has 0 atom stereocenters. The number of rotatable bonds is 6. The minimum absolute atomic E-state index is 0.415. The molecule has 112 valence electrons. The summed E-state index contributed by atoms with van der Waals surface area (Å²) >= 11 is 5.93. The lowest BCUT2D eigenvalue weighted by molar-refractivity contribution is 0.0602. The third kappa shape index (κ3) is 3.76. The summed E-state index contributed by atoms with van der Waals surface area (Å²) in [4.78, 5) is 11.8. The van der Waals surface area contributed by atoms with E-state index >= 15 is 0 Å². The predicted molar refractivity (Wildman–Crippen MR) is 82.6 cm³/mol. The summed E-state index contributed by atoms with van der Waals surface area (Å²) in [5.74, 6) is -0.415. The highest BCUT2D eigenvalue weighted by molar-refractivity contribution is 6.31. The van der Waals surface area contributed by atoms with E-state index in [1.165, 1.54) is 7.11 Å². The molecular formula is C15H18ClN3O2. The van der Waals surface area contributed by atoms with Crippen LogP contribution in [0.5, 0.6) is 0 Å². The van der Waals surface area contributed by atoms with Crippen molar-refractivity contribution in [3.05, 3.63) is 46.7 Å². The molecule has 0 aliphatic rings. The highest BCUT2D eigenvalue weighted by Crippen LogP contribution is 2.22. The number of aryl methyl sites for hydroxylation is 1. The van der Waals surface area contributed by atoms with E-state index < -0.39 is 5.97 Å². The second-order valence-corrected chi connectivity index (χ2v) is 5.02. The van der Waals surface area contributed by atoms with E-state index in [0.29, 0.717) is 22.8 Å². The highest BCUT2D eigenvalue weighted by atomic mass is 35.5. The molecule has 0 spiro atoms. The number of nitrogens with one attached hydrogen (secondary N) is 1. The van der Waals surface area contributed by atoms with Gasteiger partial charge in [0.2, 0.25) is 0 Å². The minimum atomic E-state index is -0.415. The summed E-state index contributed by atoms with van der Waals surface area (Å²) in [5.41, 5.74) is 2.17. The van der Waals surface area contributed by atoms with Crippen molar-refractivity contribution in [2.45, 2.75) is 26.4 Å². The first-order chi connectivity index (χ1) is 10.2. The fourth-order valence-corrected chi connectivity index (χ4v) is 2.23. The van der Waals surface area contributed by atoms with Gasteiger partial charge in [-0.2, -0.15) is 5.10 Å². The van der Waals surface area contributed by atoms with Crippen molar-refractivity contribution in [1.29, 1.82) is 0 Å². The van der Waals surface area contributed by atoms with Gasteiger partial charge in [-0.3, -0.25) is 4.68 Å². The molecule has 0 fully saturated rings. The Balaban J connectivity index is 2.16. The molecule has 2 aromatic rings. The van der Waals surface area contributed by atoms with Gasteiger partial charge in [-0.25, -0.2) is 4.79 Å². The molecule has 1 aromatic carbocycles. The lowest BCUT2D eigenvalue weighted by atomic mass is 10.1. The summed E-state index contributed by atoms with van der Waals surface area (Å²) in [7, 11) is 1.35. The Morgan fingerprint density at radius 2 is 2.24 bits per heavy atom. The average Bonchev–Trinajstić information content (AvgIpc) is 2.93. The van der Waals surface area contributed by atoms with Gasteiger partial charge in [-0.05, 0) is 30.7 Å². The summed E-state index contributed by atoms with van der Waals surface area (Å²) in [6, 6.07) is 7.06. The zero-order valence-electron chi connectivity index (χ0n) is 12.1. The van der Waals surface area contributed by atoms with E-state index in [1.807, 2.05) is 10.7 Å². The Hall–Kier alpha value is -2.01. The largest absolute Gasteiger partial charge is 0.465 e. The van der Waals surface area contributed by atoms with Gasteiger partial charge in [0.05, 0.1) is 24.9 Å². The van der Waals surface area contributed by atoms with E-state index in [-0.39, 0.29) is 0 Å². The number of esters is 1.